The summed E-state index contributed by atoms with van der Waals surface area (Å²) in [6.45, 7) is 10.1. The van der Waals surface area contributed by atoms with Crippen molar-refractivity contribution in [3.8, 4) is 5.75 Å². The second-order valence-electron chi connectivity index (χ2n) is 6.20. The van der Waals surface area contributed by atoms with Crippen molar-refractivity contribution in [2.24, 2.45) is 5.92 Å². The minimum absolute atomic E-state index is 0.538. The third kappa shape index (κ3) is 2.70. The maximum atomic E-state index is 5.83. The normalized spacial score (nSPS) is 27.9. The number of nitrogens with zero attached hydrogens (tertiary/aromatic N) is 1. The van der Waals surface area contributed by atoms with Crippen molar-refractivity contribution in [2.75, 3.05) is 32.8 Å². The summed E-state index contributed by atoms with van der Waals surface area (Å²) < 4.78 is 5.83. The fourth-order valence-electron chi connectivity index (χ4n) is 3.49. The van der Waals surface area contributed by atoms with E-state index in [0.717, 1.165) is 44.5 Å². The van der Waals surface area contributed by atoms with Crippen LogP contribution in [0.1, 0.15) is 31.7 Å². The van der Waals surface area contributed by atoms with Gasteiger partial charge in [0.15, 0.2) is 0 Å². The molecule has 2 aliphatic heterocycles. The van der Waals surface area contributed by atoms with Gasteiger partial charge in [0.05, 0.1) is 6.61 Å². The van der Waals surface area contributed by atoms with Crippen LogP contribution in [0.5, 0.6) is 5.75 Å². The molecular weight excluding hydrogens is 248 g/mol. The summed E-state index contributed by atoms with van der Waals surface area (Å²) in [7, 11) is 0. The van der Waals surface area contributed by atoms with Crippen LogP contribution in [0, 0.1) is 5.92 Å². The minimum atomic E-state index is 0.538. The third-order valence-electron chi connectivity index (χ3n) is 4.95. The molecule has 2 heterocycles. The molecule has 1 aromatic rings. The standard InChI is InChI=1S/C17H26N2O/c1-3-13(2)16-10-18-8-9-19(16)11-14-12-20-17-7-5-4-6-15(14)17/h4-7,13-14,16,18H,3,8-12H2,1-2H3. The van der Waals surface area contributed by atoms with Gasteiger partial charge in [-0.25, -0.2) is 0 Å². The van der Waals surface area contributed by atoms with Gasteiger partial charge in [-0.15, -0.1) is 0 Å². The van der Waals surface area contributed by atoms with Crippen molar-refractivity contribution >= 4 is 0 Å². The van der Waals surface area contributed by atoms with Gasteiger partial charge in [-0.3, -0.25) is 4.90 Å². The molecule has 3 nitrogen and oxygen atoms in total. The number of para-hydroxylation sites is 1. The van der Waals surface area contributed by atoms with Gasteiger partial charge in [0.25, 0.3) is 0 Å². The van der Waals surface area contributed by atoms with Crippen LogP contribution in [0.3, 0.4) is 0 Å². The van der Waals surface area contributed by atoms with Crippen LogP contribution >= 0.6 is 0 Å². The van der Waals surface area contributed by atoms with Crippen LogP contribution in [0.25, 0.3) is 0 Å². The molecule has 0 saturated carbocycles. The SMILES string of the molecule is CCC(C)C1CNCCN1CC1COc2ccccc21. The van der Waals surface area contributed by atoms with E-state index in [1.165, 1.54) is 12.0 Å². The predicted molar refractivity (Wildman–Crippen MR) is 82.4 cm³/mol. The maximum absolute atomic E-state index is 5.83. The fourth-order valence-corrected chi connectivity index (χ4v) is 3.49. The van der Waals surface area contributed by atoms with Gasteiger partial charge in [-0.2, -0.15) is 0 Å². The number of fused-ring (bicyclic) bond motifs is 1. The number of piperazine rings is 1. The lowest BCUT2D eigenvalue weighted by Gasteiger charge is -2.40. The number of ether oxygens (including phenoxy) is 1. The van der Waals surface area contributed by atoms with Crippen molar-refractivity contribution in [2.45, 2.75) is 32.2 Å². The Morgan fingerprint density at radius 2 is 2.25 bits per heavy atom. The molecule has 1 N–H and O–H groups in total. The average molecular weight is 274 g/mol. The van der Waals surface area contributed by atoms with Gasteiger partial charge in [0.2, 0.25) is 0 Å². The molecule has 0 spiro atoms. The first-order valence-corrected chi connectivity index (χ1v) is 7.96. The molecule has 0 bridgehead atoms. The van der Waals surface area contributed by atoms with Gasteiger partial charge in [0, 0.05) is 43.7 Å². The number of hydrogen-bond donors (Lipinski definition) is 1. The zero-order chi connectivity index (χ0) is 13.9. The number of rotatable bonds is 4. The van der Waals surface area contributed by atoms with Crippen LogP contribution in [0.4, 0.5) is 0 Å². The Bertz CT molecular complexity index is 448. The summed E-state index contributed by atoms with van der Waals surface area (Å²) in [6, 6.07) is 9.19. The molecule has 2 aliphatic rings. The van der Waals surface area contributed by atoms with E-state index in [9.17, 15) is 0 Å². The highest BCUT2D eigenvalue weighted by molar-refractivity contribution is 5.39. The van der Waals surface area contributed by atoms with Crippen LogP contribution in [-0.2, 0) is 0 Å². The van der Waals surface area contributed by atoms with Gasteiger partial charge < -0.3 is 10.1 Å². The van der Waals surface area contributed by atoms with E-state index < -0.39 is 0 Å². The van der Waals surface area contributed by atoms with Crippen LogP contribution < -0.4 is 10.1 Å². The van der Waals surface area contributed by atoms with Gasteiger partial charge in [-0.1, -0.05) is 38.5 Å². The second kappa shape index (κ2) is 6.15. The lowest BCUT2D eigenvalue weighted by molar-refractivity contribution is 0.105. The maximum Gasteiger partial charge on any atom is 0.122 e. The Morgan fingerprint density at radius 1 is 1.40 bits per heavy atom. The van der Waals surface area contributed by atoms with E-state index in [2.05, 4.69) is 48.3 Å². The predicted octanol–water partition coefficient (Wildman–Crippen LogP) is 2.48. The zero-order valence-electron chi connectivity index (χ0n) is 12.6. The molecule has 3 unspecified atom stereocenters. The highest BCUT2D eigenvalue weighted by Gasteiger charge is 2.31. The van der Waals surface area contributed by atoms with Crippen LogP contribution in [-0.4, -0.2) is 43.7 Å². The Labute approximate surface area is 122 Å². The molecule has 0 aromatic heterocycles. The van der Waals surface area contributed by atoms with Crippen LogP contribution in [0.2, 0.25) is 0 Å². The van der Waals surface area contributed by atoms with E-state index in [1.807, 2.05) is 0 Å². The van der Waals surface area contributed by atoms with Crippen LogP contribution in [0.15, 0.2) is 24.3 Å². The van der Waals surface area contributed by atoms with E-state index in [1.54, 1.807) is 0 Å². The molecule has 110 valence electrons. The summed E-state index contributed by atoms with van der Waals surface area (Å²) in [6.07, 6.45) is 1.25. The average Bonchev–Trinajstić information content (AvgIpc) is 2.90. The van der Waals surface area contributed by atoms with E-state index >= 15 is 0 Å². The molecule has 1 fully saturated rings. The van der Waals surface area contributed by atoms with Crippen molar-refractivity contribution < 1.29 is 4.74 Å². The monoisotopic (exact) mass is 274 g/mol. The summed E-state index contributed by atoms with van der Waals surface area (Å²) in [4.78, 5) is 2.68. The molecule has 1 aromatic carbocycles. The number of benzene rings is 1. The number of nitrogens with one attached hydrogen (secondary N) is 1. The Morgan fingerprint density at radius 3 is 3.10 bits per heavy atom. The number of hydrogen-bond acceptors (Lipinski definition) is 3. The Balaban J connectivity index is 1.70. The van der Waals surface area contributed by atoms with Crippen molar-refractivity contribution in [1.29, 1.82) is 0 Å². The third-order valence-corrected chi connectivity index (χ3v) is 4.95. The zero-order valence-corrected chi connectivity index (χ0v) is 12.6. The van der Waals surface area contributed by atoms with E-state index in [-0.39, 0.29) is 0 Å². The first kappa shape index (κ1) is 13.9. The fraction of sp³-hybridized carbons (Fsp3) is 0.647. The van der Waals surface area contributed by atoms with Crippen molar-refractivity contribution in [3.63, 3.8) is 0 Å². The lowest BCUT2D eigenvalue weighted by Crippen LogP contribution is -2.54. The summed E-state index contributed by atoms with van der Waals surface area (Å²) >= 11 is 0. The van der Waals surface area contributed by atoms with Gasteiger partial charge in [0.1, 0.15) is 5.75 Å². The molecule has 20 heavy (non-hydrogen) atoms. The molecule has 3 rings (SSSR count). The molecule has 3 atom stereocenters. The van der Waals surface area contributed by atoms with E-state index in [0.29, 0.717) is 12.0 Å². The molecule has 3 heteroatoms. The summed E-state index contributed by atoms with van der Waals surface area (Å²) in [5, 5.41) is 3.55. The molecule has 0 amide bonds. The Kier molecular flexibility index (Phi) is 4.27. The lowest BCUT2D eigenvalue weighted by atomic mass is 9.93. The van der Waals surface area contributed by atoms with E-state index in [4.69, 9.17) is 4.74 Å². The first-order chi connectivity index (χ1) is 9.79. The van der Waals surface area contributed by atoms with Crippen molar-refractivity contribution in [1.82, 2.24) is 10.2 Å². The second-order valence-corrected chi connectivity index (χ2v) is 6.20. The van der Waals surface area contributed by atoms with Crippen molar-refractivity contribution in [3.05, 3.63) is 29.8 Å². The summed E-state index contributed by atoms with van der Waals surface area (Å²) in [5.74, 6) is 2.38. The smallest absolute Gasteiger partial charge is 0.122 e. The molecular formula is C17H26N2O. The highest BCUT2D eigenvalue weighted by Crippen LogP contribution is 2.34. The first-order valence-electron chi connectivity index (χ1n) is 7.96. The Hall–Kier alpha value is -1.06. The minimum Gasteiger partial charge on any atom is -0.493 e. The summed E-state index contributed by atoms with van der Waals surface area (Å²) in [5.41, 5.74) is 1.40. The highest BCUT2D eigenvalue weighted by atomic mass is 16.5. The molecule has 0 radical (unpaired) electrons. The van der Waals surface area contributed by atoms with Gasteiger partial charge in [-0.05, 0) is 12.0 Å². The molecule has 0 aliphatic carbocycles. The largest absolute Gasteiger partial charge is 0.493 e. The quantitative estimate of drug-likeness (QED) is 0.913. The topological polar surface area (TPSA) is 24.5 Å². The van der Waals surface area contributed by atoms with Gasteiger partial charge >= 0.3 is 0 Å². The molecule has 1 saturated heterocycles.